The maximum Gasteiger partial charge on any atom is 0.472 e. The Morgan fingerprint density at radius 3 is 1.24 bits per heavy atom. The van der Waals surface area contributed by atoms with Crippen LogP contribution in [-0.2, 0) is 32.7 Å². The molecule has 0 spiro atoms. The summed E-state index contributed by atoms with van der Waals surface area (Å²) in [6.45, 7) is 6.38. The standard InChI is InChI=1S/C57H110NO8P/c1-4-7-10-13-16-19-22-25-27-29-32-35-38-41-44-47-51-63-53-55(66-57(60)49-46-43-40-37-34-31-28-26-23-20-17-14-11-8-5-2)54-65-67(61,62)64-52-50-58-56(59)48-45-42-39-36-33-30-24-21-18-15-12-9-6-3/h26,28,47,51,55H,4-25,27,29-46,48-50,52-54H2,1-3H3,(H,58,59)(H,61,62)/b28-26-,51-47-/t55-/m1/s1. The maximum atomic E-state index is 12.8. The van der Waals surface area contributed by atoms with Crippen molar-refractivity contribution in [3.05, 3.63) is 24.5 Å². The second kappa shape index (κ2) is 53.7. The third-order valence-corrected chi connectivity index (χ3v) is 13.7. The Kier molecular flexibility index (Phi) is 52.3. The molecule has 396 valence electrons. The number of esters is 1. The van der Waals surface area contributed by atoms with Gasteiger partial charge in [0.25, 0.3) is 0 Å². The molecule has 0 aromatic rings. The Morgan fingerprint density at radius 2 is 0.821 bits per heavy atom. The van der Waals surface area contributed by atoms with Crippen molar-refractivity contribution in [2.75, 3.05) is 26.4 Å². The average molecular weight is 968 g/mol. The molecule has 1 unspecified atom stereocenters. The zero-order chi connectivity index (χ0) is 48.8. The van der Waals surface area contributed by atoms with Gasteiger partial charge in [-0.15, -0.1) is 0 Å². The summed E-state index contributed by atoms with van der Waals surface area (Å²) in [5.74, 6) is -0.464. The molecular weight excluding hydrogens is 858 g/mol. The molecule has 10 heteroatoms. The highest BCUT2D eigenvalue weighted by Gasteiger charge is 2.25. The van der Waals surface area contributed by atoms with Gasteiger partial charge in [-0.25, -0.2) is 4.57 Å². The van der Waals surface area contributed by atoms with Crippen LogP contribution in [0, 0.1) is 0 Å². The molecule has 0 saturated carbocycles. The first-order valence-corrected chi connectivity index (χ1v) is 30.3. The quantitative estimate of drug-likeness (QED) is 0.0203. The highest BCUT2D eigenvalue weighted by Crippen LogP contribution is 2.43. The van der Waals surface area contributed by atoms with Gasteiger partial charge >= 0.3 is 13.8 Å². The van der Waals surface area contributed by atoms with Crippen molar-refractivity contribution < 1.29 is 37.6 Å². The SMILES string of the molecule is CCCCCCCC/C=C\CCCCCCCC(=O)O[C@H](CO/C=C\CCCCCCCCCCCCCCCC)COP(=O)(O)OCCNC(=O)CCCCCCCCCCCCCCC. The lowest BCUT2D eigenvalue weighted by Crippen LogP contribution is -2.28. The predicted octanol–water partition coefficient (Wildman–Crippen LogP) is 18.1. The summed E-state index contributed by atoms with van der Waals surface area (Å²) in [5.41, 5.74) is 0. The van der Waals surface area contributed by atoms with Gasteiger partial charge in [0, 0.05) is 19.4 Å². The summed E-state index contributed by atoms with van der Waals surface area (Å²) in [6, 6.07) is 0. The number of carbonyl (C=O) groups is 2. The van der Waals surface area contributed by atoms with E-state index in [0.717, 1.165) is 70.6 Å². The van der Waals surface area contributed by atoms with Gasteiger partial charge in [-0.3, -0.25) is 18.6 Å². The van der Waals surface area contributed by atoms with E-state index in [1.807, 2.05) is 6.08 Å². The van der Waals surface area contributed by atoms with Gasteiger partial charge in [0.15, 0.2) is 6.10 Å². The van der Waals surface area contributed by atoms with E-state index in [0.29, 0.717) is 6.42 Å². The van der Waals surface area contributed by atoms with Crippen LogP contribution in [0.25, 0.3) is 0 Å². The highest BCUT2D eigenvalue weighted by atomic mass is 31.2. The Morgan fingerprint density at radius 1 is 0.463 bits per heavy atom. The number of amides is 1. The number of ether oxygens (including phenoxy) is 2. The van der Waals surface area contributed by atoms with Gasteiger partial charge in [-0.2, -0.15) is 0 Å². The molecule has 0 aliphatic carbocycles. The molecule has 0 fully saturated rings. The Balaban J connectivity index is 4.45. The maximum absolute atomic E-state index is 12.8. The minimum atomic E-state index is -4.45. The molecule has 0 bridgehead atoms. The number of nitrogens with one attached hydrogen (secondary N) is 1. The van der Waals surface area contributed by atoms with E-state index in [1.165, 1.54) is 193 Å². The van der Waals surface area contributed by atoms with Crippen LogP contribution >= 0.6 is 7.82 Å². The Hall–Kier alpha value is -1.67. The van der Waals surface area contributed by atoms with Crippen molar-refractivity contribution in [1.82, 2.24) is 5.32 Å². The largest absolute Gasteiger partial charge is 0.498 e. The van der Waals surface area contributed by atoms with Gasteiger partial charge in [0.05, 0.1) is 19.5 Å². The van der Waals surface area contributed by atoms with Crippen LogP contribution in [0.3, 0.4) is 0 Å². The molecule has 67 heavy (non-hydrogen) atoms. The molecule has 0 rings (SSSR count). The van der Waals surface area contributed by atoms with E-state index in [9.17, 15) is 19.0 Å². The molecule has 0 aromatic heterocycles. The van der Waals surface area contributed by atoms with Crippen molar-refractivity contribution in [2.45, 2.75) is 303 Å². The number of rotatable bonds is 55. The zero-order valence-corrected chi connectivity index (χ0v) is 45.3. The molecule has 0 aromatic carbocycles. The fourth-order valence-corrected chi connectivity index (χ4v) is 9.17. The van der Waals surface area contributed by atoms with E-state index in [2.05, 4.69) is 38.2 Å². The minimum Gasteiger partial charge on any atom is -0.498 e. The summed E-state index contributed by atoms with van der Waals surface area (Å²) in [5, 5.41) is 2.77. The van der Waals surface area contributed by atoms with E-state index in [1.54, 1.807) is 6.26 Å². The molecular formula is C57H110NO8P. The van der Waals surface area contributed by atoms with Crippen molar-refractivity contribution in [1.29, 1.82) is 0 Å². The van der Waals surface area contributed by atoms with E-state index in [4.69, 9.17) is 18.5 Å². The van der Waals surface area contributed by atoms with Crippen LogP contribution in [0.5, 0.6) is 0 Å². The fraction of sp³-hybridized carbons (Fsp3) is 0.895. The van der Waals surface area contributed by atoms with Crippen LogP contribution in [0.4, 0.5) is 0 Å². The van der Waals surface area contributed by atoms with Crippen LogP contribution in [-0.4, -0.2) is 49.2 Å². The molecule has 2 atom stereocenters. The normalized spacial score (nSPS) is 13.1. The number of phosphoric acid groups is 1. The van der Waals surface area contributed by atoms with Crippen LogP contribution in [0.1, 0.15) is 297 Å². The lowest BCUT2D eigenvalue weighted by atomic mass is 10.0. The number of phosphoric ester groups is 1. The van der Waals surface area contributed by atoms with Crippen LogP contribution in [0.15, 0.2) is 24.5 Å². The van der Waals surface area contributed by atoms with Gasteiger partial charge in [0.1, 0.15) is 6.61 Å². The molecule has 2 N–H and O–H groups in total. The topological polar surface area (TPSA) is 120 Å². The van der Waals surface area contributed by atoms with Crippen molar-refractivity contribution >= 4 is 19.7 Å². The van der Waals surface area contributed by atoms with Gasteiger partial charge in [-0.05, 0) is 57.4 Å². The summed E-state index contributed by atoms with van der Waals surface area (Å²) >= 11 is 0. The van der Waals surface area contributed by atoms with E-state index in [-0.39, 0.29) is 44.7 Å². The predicted molar refractivity (Wildman–Crippen MR) is 284 cm³/mol. The number of hydrogen-bond acceptors (Lipinski definition) is 7. The third kappa shape index (κ3) is 53.5. The Bertz CT molecular complexity index is 1150. The smallest absolute Gasteiger partial charge is 0.472 e. The molecule has 0 radical (unpaired) electrons. The third-order valence-electron chi connectivity index (χ3n) is 12.7. The molecule has 0 saturated heterocycles. The molecule has 9 nitrogen and oxygen atoms in total. The molecule has 0 aliphatic heterocycles. The van der Waals surface area contributed by atoms with Gasteiger partial charge < -0.3 is 19.7 Å². The monoisotopic (exact) mass is 968 g/mol. The lowest BCUT2D eigenvalue weighted by Gasteiger charge is -2.19. The number of hydrogen-bond donors (Lipinski definition) is 2. The first-order chi connectivity index (χ1) is 32.8. The van der Waals surface area contributed by atoms with Gasteiger partial charge in [0.2, 0.25) is 5.91 Å². The van der Waals surface area contributed by atoms with E-state index >= 15 is 0 Å². The number of unbranched alkanes of at least 4 members (excludes halogenated alkanes) is 37. The van der Waals surface area contributed by atoms with Crippen molar-refractivity contribution in [2.24, 2.45) is 0 Å². The van der Waals surface area contributed by atoms with Crippen LogP contribution in [0.2, 0.25) is 0 Å². The van der Waals surface area contributed by atoms with Crippen molar-refractivity contribution in [3.8, 4) is 0 Å². The minimum absolute atomic E-state index is 0.00259. The second-order valence-corrected chi connectivity index (χ2v) is 20.9. The summed E-state index contributed by atoms with van der Waals surface area (Å²) in [6.07, 6.45) is 59.2. The zero-order valence-electron chi connectivity index (χ0n) is 44.4. The summed E-state index contributed by atoms with van der Waals surface area (Å²) in [7, 11) is -4.45. The van der Waals surface area contributed by atoms with Gasteiger partial charge in [-0.1, -0.05) is 245 Å². The summed E-state index contributed by atoms with van der Waals surface area (Å²) in [4.78, 5) is 35.5. The number of allylic oxidation sites excluding steroid dienone is 3. The fourth-order valence-electron chi connectivity index (χ4n) is 8.41. The molecule has 0 heterocycles. The second-order valence-electron chi connectivity index (χ2n) is 19.5. The average Bonchev–Trinajstić information content (AvgIpc) is 3.31. The first-order valence-electron chi connectivity index (χ1n) is 28.8. The Labute approximate surface area is 414 Å². The van der Waals surface area contributed by atoms with Crippen LogP contribution < -0.4 is 5.32 Å². The van der Waals surface area contributed by atoms with E-state index < -0.39 is 13.9 Å². The molecule has 1 amide bonds. The van der Waals surface area contributed by atoms with Crippen molar-refractivity contribution in [3.63, 3.8) is 0 Å². The first kappa shape index (κ1) is 65.3. The summed E-state index contributed by atoms with van der Waals surface area (Å²) < 4.78 is 34.5. The lowest BCUT2D eigenvalue weighted by molar-refractivity contribution is -0.153. The highest BCUT2D eigenvalue weighted by molar-refractivity contribution is 7.47. The molecule has 0 aliphatic rings. The number of carbonyl (C=O) groups excluding carboxylic acids is 2.